The molecular formula is C22H21N3OS. The van der Waals surface area contributed by atoms with Crippen LogP contribution in [0.15, 0.2) is 60.1 Å². The number of benzene rings is 2. The van der Waals surface area contributed by atoms with Crippen molar-refractivity contribution in [3.05, 3.63) is 76.9 Å². The minimum atomic E-state index is 0.0287. The molecule has 0 fully saturated rings. The maximum atomic E-state index is 12.3. The highest BCUT2D eigenvalue weighted by Gasteiger charge is 2.11. The van der Waals surface area contributed by atoms with Crippen molar-refractivity contribution in [3.63, 3.8) is 0 Å². The Hall–Kier alpha value is -2.92. The molecule has 0 saturated carbocycles. The number of amides is 1. The lowest BCUT2D eigenvalue weighted by molar-refractivity contribution is -0.116. The van der Waals surface area contributed by atoms with Crippen LogP contribution in [0.5, 0.6) is 0 Å². The number of nitrogens with zero attached hydrogens (tertiary/aromatic N) is 2. The Morgan fingerprint density at radius 1 is 1.11 bits per heavy atom. The van der Waals surface area contributed by atoms with Gasteiger partial charge in [0, 0.05) is 34.9 Å². The molecule has 136 valence electrons. The van der Waals surface area contributed by atoms with Gasteiger partial charge in [-0.3, -0.25) is 9.20 Å². The van der Waals surface area contributed by atoms with Crippen molar-refractivity contribution in [1.29, 1.82) is 0 Å². The van der Waals surface area contributed by atoms with Crippen LogP contribution in [0.3, 0.4) is 0 Å². The summed E-state index contributed by atoms with van der Waals surface area (Å²) >= 11 is 1.61. The molecule has 4 rings (SSSR count). The molecule has 0 radical (unpaired) electrons. The molecule has 0 bridgehead atoms. The van der Waals surface area contributed by atoms with Crippen LogP contribution in [0, 0.1) is 13.8 Å². The van der Waals surface area contributed by atoms with Gasteiger partial charge in [-0.05, 0) is 43.5 Å². The van der Waals surface area contributed by atoms with E-state index in [2.05, 4.69) is 47.3 Å². The van der Waals surface area contributed by atoms with Gasteiger partial charge in [0.2, 0.25) is 5.91 Å². The summed E-state index contributed by atoms with van der Waals surface area (Å²) in [4.78, 5) is 18.0. The standard InChI is InChI=1S/C22H21N3OS/c1-15-8-9-18(12-16(15)2)23-21(26)11-10-19-14-27-22-24-20(13-25(19)22)17-6-4-3-5-7-17/h3-9,12-14H,10-11H2,1-2H3,(H,23,26). The number of rotatable bonds is 5. The first-order valence-corrected chi connectivity index (χ1v) is 9.86. The highest BCUT2D eigenvalue weighted by atomic mass is 32.1. The Balaban J connectivity index is 1.45. The Bertz CT molecular complexity index is 1100. The average molecular weight is 375 g/mol. The first kappa shape index (κ1) is 17.5. The van der Waals surface area contributed by atoms with Gasteiger partial charge in [0.1, 0.15) is 0 Å². The minimum absolute atomic E-state index is 0.0287. The van der Waals surface area contributed by atoms with Crippen molar-refractivity contribution in [1.82, 2.24) is 9.38 Å². The van der Waals surface area contributed by atoms with E-state index in [1.807, 2.05) is 36.4 Å². The summed E-state index contributed by atoms with van der Waals surface area (Å²) in [7, 11) is 0. The maximum absolute atomic E-state index is 12.3. The Morgan fingerprint density at radius 2 is 1.93 bits per heavy atom. The van der Waals surface area contributed by atoms with Crippen LogP contribution in [0.4, 0.5) is 5.69 Å². The lowest BCUT2D eigenvalue weighted by Crippen LogP contribution is -2.12. The molecule has 2 aromatic heterocycles. The number of imidazole rings is 1. The molecule has 0 atom stereocenters. The van der Waals surface area contributed by atoms with Crippen molar-refractivity contribution in [2.75, 3.05) is 5.32 Å². The molecule has 4 nitrogen and oxygen atoms in total. The van der Waals surface area contributed by atoms with Crippen LogP contribution in [0.25, 0.3) is 16.2 Å². The highest BCUT2D eigenvalue weighted by Crippen LogP contribution is 2.24. The first-order chi connectivity index (χ1) is 13.1. The third kappa shape index (κ3) is 3.78. The zero-order valence-corrected chi connectivity index (χ0v) is 16.2. The van der Waals surface area contributed by atoms with Crippen LogP contribution in [-0.4, -0.2) is 15.3 Å². The SMILES string of the molecule is Cc1ccc(NC(=O)CCc2csc3nc(-c4ccccc4)cn23)cc1C. The monoisotopic (exact) mass is 375 g/mol. The Morgan fingerprint density at radius 3 is 2.70 bits per heavy atom. The molecular weight excluding hydrogens is 354 g/mol. The fourth-order valence-corrected chi connectivity index (χ4v) is 3.95. The smallest absolute Gasteiger partial charge is 0.224 e. The van der Waals surface area contributed by atoms with E-state index in [0.717, 1.165) is 27.6 Å². The third-order valence-corrected chi connectivity index (χ3v) is 5.64. The van der Waals surface area contributed by atoms with Gasteiger partial charge in [-0.2, -0.15) is 0 Å². The zero-order chi connectivity index (χ0) is 18.8. The topological polar surface area (TPSA) is 46.4 Å². The lowest BCUT2D eigenvalue weighted by atomic mass is 10.1. The van der Waals surface area contributed by atoms with Crippen molar-refractivity contribution >= 4 is 27.9 Å². The Kier molecular flexibility index (Phi) is 4.77. The molecule has 1 amide bonds. The van der Waals surface area contributed by atoms with Crippen molar-refractivity contribution in [2.24, 2.45) is 0 Å². The molecule has 0 saturated heterocycles. The first-order valence-electron chi connectivity index (χ1n) is 8.98. The van der Waals surface area contributed by atoms with E-state index in [9.17, 15) is 4.79 Å². The van der Waals surface area contributed by atoms with Crippen LogP contribution in [0.1, 0.15) is 23.2 Å². The molecule has 0 unspecified atom stereocenters. The fraction of sp³-hybridized carbons (Fsp3) is 0.182. The molecule has 2 heterocycles. The second kappa shape index (κ2) is 7.37. The summed E-state index contributed by atoms with van der Waals surface area (Å²) in [6.45, 7) is 4.12. The zero-order valence-electron chi connectivity index (χ0n) is 15.4. The summed E-state index contributed by atoms with van der Waals surface area (Å²) in [5, 5.41) is 5.07. The van der Waals surface area contributed by atoms with Gasteiger partial charge in [0.15, 0.2) is 4.96 Å². The van der Waals surface area contributed by atoms with E-state index in [-0.39, 0.29) is 5.91 Å². The number of carbonyl (C=O) groups is 1. The van der Waals surface area contributed by atoms with Crippen LogP contribution < -0.4 is 5.32 Å². The summed E-state index contributed by atoms with van der Waals surface area (Å²) in [6.07, 6.45) is 3.18. The van der Waals surface area contributed by atoms with E-state index in [0.29, 0.717) is 12.8 Å². The number of hydrogen-bond acceptors (Lipinski definition) is 3. The minimum Gasteiger partial charge on any atom is -0.326 e. The van der Waals surface area contributed by atoms with Crippen LogP contribution >= 0.6 is 11.3 Å². The normalized spacial score (nSPS) is 11.0. The van der Waals surface area contributed by atoms with Gasteiger partial charge in [0.05, 0.1) is 5.69 Å². The highest BCUT2D eigenvalue weighted by molar-refractivity contribution is 7.15. The molecule has 27 heavy (non-hydrogen) atoms. The van der Waals surface area contributed by atoms with Gasteiger partial charge in [-0.1, -0.05) is 36.4 Å². The Labute approximate surface area is 162 Å². The number of aromatic nitrogens is 2. The summed E-state index contributed by atoms with van der Waals surface area (Å²) in [5.74, 6) is 0.0287. The summed E-state index contributed by atoms with van der Waals surface area (Å²) < 4.78 is 2.09. The number of fused-ring (bicyclic) bond motifs is 1. The largest absolute Gasteiger partial charge is 0.326 e. The van der Waals surface area contributed by atoms with Gasteiger partial charge in [-0.25, -0.2) is 4.98 Å². The maximum Gasteiger partial charge on any atom is 0.224 e. The molecule has 1 N–H and O–H groups in total. The van der Waals surface area contributed by atoms with E-state index < -0.39 is 0 Å². The van der Waals surface area contributed by atoms with Crippen LogP contribution in [-0.2, 0) is 11.2 Å². The second-order valence-electron chi connectivity index (χ2n) is 6.72. The molecule has 0 aliphatic heterocycles. The van der Waals surface area contributed by atoms with E-state index in [4.69, 9.17) is 4.98 Å². The van der Waals surface area contributed by atoms with E-state index >= 15 is 0 Å². The van der Waals surface area contributed by atoms with Gasteiger partial charge >= 0.3 is 0 Å². The summed E-state index contributed by atoms with van der Waals surface area (Å²) in [6, 6.07) is 16.1. The summed E-state index contributed by atoms with van der Waals surface area (Å²) in [5.41, 5.74) is 6.43. The van der Waals surface area contributed by atoms with Crippen LogP contribution in [0.2, 0.25) is 0 Å². The second-order valence-corrected chi connectivity index (χ2v) is 7.56. The van der Waals surface area contributed by atoms with Gasteiger partial charge in [-0.15, -0.1) is 11.3 Å². The average Bonchev–Trinajstić information content (AvgIpc) is 3.25. The van der Waals surface area contributed by atoms with Gasteiger partial charge in [0.25, 0.3) is 0 Å². The van der Waals surface area contributed by atoms with Crippen molar-refractivity contribution in [3.8, 4) is 11.3 Å². The predicted octanol–water partition coefficient (Wildman–Crippen LogP) is 5.25. The number of aryl methyl sites for hydroxylation is 3. The molecule has 2 aromatic carbocycles. The van der Waals surface area contributed by atoms with E-state index in [1.165, 1.54) is 11.1 Å². The van der Waals surface area contributed by atoms with Crippen molar-refractivity contribution < 1.29 is 4.79 Å². The van der Waals surface area contributed by atoms with Crippen molar-refractivity contribution in [2.45, 2.75) is 26.7 Å². The molecule has 0 aliphatic carbocycles. The fourth-order valence-electron chi connectivity index (χ4n) is 3.04. The number of anilines is 1. The number of nitrogens with one attached hydrogen (secondary N) is 1. The number of thiazole rings is 1. The molecule has 0 spiro atoms. The molecule has 5 heteroatoms. The lowest BCUT2D eigenvalue weighted by Gasteiger charge is -2.07. The molecule has 4 aromatic rings. The quantitative estimate of drug-likeness (QED) is 0.518. The predicted molar refractivity (Wildman–Crippen MR) is 111 cm³/mol. The number of carbonyl (C=O) groups excluding carboxylic acids is 1. The van der Waals surface area contributed by atoms with E-state index in [1.54, 1.807) is 11.3 Å². The third-order valence-electron chi connectivity index (χ3n) is 4.75. The van der Waals surface area contributed by atoms with Gasteiger partial charge < -0.3 is 5.32 Å². The number of hydrogen-bond donors (Lipinski definition) is 1. The molecule has 0 aliphatic rings.